The molecule has 0 heterocycles. The number of anilines is 1. The standard InChI is InChI=1S/C15H25N3O/c1-11(2)18(5)9-8-17-15(19)13-10-12(3)6-7-14(13)16-4/h6-7,10-11,16H,8-9H2,1-5H3,(H,17,19). The van der Waals surface area contributed by atoms with Gasteiger partial charge in [0, 0.05) is 31.9 Å². The average molecular weight is 263 g/mol. The molecule has 0 fully saturated rings. The third kappa shape index (κ3) is 4.56. The van der Waals surface area contributed by atoms with Gasteiger partial charge in [-0.2, -0.15) is 0 Å². The van der Waals surface area contributed by atoms with Crippen LogP contribution in [-0.2, 0) is 0 Å². The van der Waals surface area contributed by atoms with Crippen LogP contribution in [0.4, 0.5) is 5.69 Å². The van der Waals surface area contributed by atoms with Gasteiger partial charge >= 0.3 is 0 Å². The van der Waals surface area contributed by atoms with E-state index in [9.17, 15) is 4.79 Å². The maximum absolute atomic E-state index is 12.2. The quantitative estimate of drug-likeness (QED) is 0.826. The maximum Gasteiger partial charge on any atom is 0.253 e. The van der Waals surface area contributed by atoms with Crippen LogP contribution in [0.3, 0.4) is 0 Å². The number of carbonyl (C=O) groups excluding carboxylic acids is 1. The van der Waals surface area contributed by atoms with Gasteiger partial charge < -0.3 is 15.5 Å². The molecule has 4 nitrogen and oxygen atoms in total. The Morgan fingerprint density at radius 3 is 2.63 bits per heavy atom. The number of nitrogens with one attached hydrogen (secondary N) is 2. The summed E-state index contributed by atoms with van der Waals surface area (Å²) in [6.45, 7) is 7.78. The Balaban J connectivity index is 2.61. The summed E-state index contributed by atoms with van der Waals surface area (Å²) >= 11 is 0. The highest BCUT2D eigenvalue weighted by Gasteiger charge is 2.11. The fourth-order valence-electron chi connectivity index (χ4n) is 1.76. The van der Waals surface area contributed by atoms with E-state index in [4.69, 9.17) is 0 Å². The zero-order valence-corrected chi connectivity index (χ0v) is 12.6. The molecule has 0 unspecified atom stereocenters. The van der Waals surface area contributed by atoms with Crippen LogP contribution in [-0.4, -0.2) is 44.0 Å². The average Bonchev–Trinajstić information content (AvgIpc) is 2.38. The van der Waals surface area contributed by atoms with Crippen LogP contribution < -0.4 is 10.6 Å². The molecule has 0 aromatic heterocycles. The fraction of sp³-hybridized carbons (Fsp3) is 0.533. The Kier molecular flexibility index (Phi) is 5.83. The Morgan fingerprint density at radius 1 is 1.37 bits per heavy atom. The number of aryl methyl sites for hydroxylation is 1. The van der Waals surface area contributed by atoms with E-state index in [1.165, 1.54) is 0 Å². The fourth-order valence-corrected chi connectivity index (χ4v) is 1.76. The lowest BCUT2D eigenvalue weighted by Crippen LogP contribution is -2.36. The molecule has 0 spiro atoms. The molecule has 0 atom stereocenters. The van der Waals surface area contributed by atoms with Gasteiger partial charge in [-0.05, 0) is 40.0 Å². The molecule has 2 N–H and O–H groups in total. The first kappa shape index (κ1) is 15.5. The lowest BCUT2D eigenvalue weighted by Gasteiger charge is -2.21. The summed E-state index contributed by atoms with van der Waals surface area (Å²) in [5.41, 5.74) is 2.65. The van der Waals surface area contributed by atoms with Crippen LogP contribution in [0, 0.1) is 6.92 Å². The molecule has 106 valence electrons. The summed E-state index contributed by atoms with van der Waals surface area (Å²) in [5.74, 6) is -0.0230. The maximum atomic E-state index is 12.2. The van der Waals surface area contributed by atoms with Crippen molar-refractivity contribution in [3.8, 4) is 0 Å². The van der Waals surface area contributed by atoms with E-state index >= 15 is 0 Å². The van der Waals surface area contributed by atoms with Crippen molar-refractivity contribution < 1.29 is 4.79 Å². The van der Waals surface area contributed by atoms with Crippen LogP contribution in [0.25, 0.3) is 0 Å². The van der Waals surface area contributed by atoms with Crippen molar-refractivity contribution in [2.24, 2.45) is 0 Å². The summed E-state index contributed by atoms with van der Waals surface area (Å²) in [4.78, 5) is 14.4. The van der Waals surface area contributed by atoms with Gasteiger partial charge in [-0.25, -0.2) is 0 Å². The summed E-state index contributed by atoms with van der Waals surface area (Å²) in [7, 11) is 3.89. The monoisotopic (exact) mass is 263 g/mol. The minimum atomic E-state index is -0.0230. The van der Waals surface area contributed by atoms with Crippen molar-refractivity contribution in [1.82, 2.24) is 10.2 Å². The summed E-state index contributed by atoms with van der Waals surface area (Å²) in [6, 6.07) is 6.33. The highest BCUT2D eigenvalue weighted by Crippen LogP contribution is 2.16. The summed E-state index contributed by atoms with van der Waals surface area (Å²) in [6.07, 6.45) is 0. The molecule has 1 amide bonds. The van der Waals surface area contributed by atoms with E-state index in [2.05, 4.69) is 36.4 Å². The first-order chi connectivity index (χ1) is 8.95. The van der Waals surface area contributed by atoms with Crippen molar-refractivity contribution in [1.29, 1.82) is 0 Å². The van der Waals surface area contributed by atoms with Crippen LogP contribution in [0.1, 0.15) is 29.8 Å². The first-order valence-corrected chi connectivity index (χ1v) is 6.72. The summed E-state index contributed by atoms with van der Waals surface area (Å²) < 4.78 is 0. The second-order valence-electron chi connectivity index (χ2n) is 5.13. The lowest BCUT2D eigenvalue weighted by atomic mass is 10.1. The van der Waals surface area contributed by atoms with Crippen LogP contribution >= 0.6 is 0 Å². The number of likely N-dealkylation sites (N-methyl/N-ethyl adjacent to an activating group) is 1. The van der Waals surface area contributed by atoms with E-state index < -0.39 is 0 Å². The normalized spacial score (nSPS) is 10.9. The minimum Gasteiger partial charge on any atom is -0.387 e. The molecule has 4 heteroatoms. The van der Waals surface area contributed by atoms with Gasteiger partial charge in [0.15, 0.2) is 0 Å². The molecule has 0 radical (unpaired) electrons. The highest BCUT2D eigenvalue weighted by molar-refractivity contribution is 5.99. The van der Waals surface area contributed by atoms with E-state index in [0.717, 1.165) is 17.8 Å². The topological polar surface area (TPSA) is 44.4 Å². The predicted octanol–water partition coefficient (Wildman–Crippen LogP) is 2.11. The van der Waals surface area contributed by atoms with Gasteiger partial charge in [0.2, 0.25) is 0 Å². The number of amides is 1. The zero-order valence-electron chi connectivity index (χ0n) is 12.6. The van der Waals surface area contributed by atoms with E-state index in [1.54, 1.807) is 0 Å². The molecule has 0 saturated carbocycles. The molecule has 0 aliphatic heterocycles. The van der Waals surface area contributed by atoms with Gasteiger partial charge in [-0.3, -0.25) is 4.79 Å². The number of rotatable bonds is 6. The molecule has 0 saturated heterocycles. The second kappa shape index (κ2) is 7.14. The Hall–Kier alpha value is -1.55. The molecule has 0 aliphatic rings. The smallest absolute Gasteiger partial charge is 0.253 e. The number of nitrogens with zero attached hydrogens (tertiary/aromatic N) is 1. The van der Waals surface area contributed by atoms with E-state index in [-0.39, 0.29) is 5.91 Å². The molecule has 1 aromatic carbocycles. The molecule has 0 aliphatic carbocycles. The van der Waals surface area contributed by atoms with Gasteiger partial charge in [-0.15, -0.1) is 0 Å². The molecule has 1 rings (SSSR count). The minimum absolute atomic E-state index is 0.0230. The molecular formula is C15H25N3O. The second-order valence-corrected chi connectivity index (χ2v) is 5.13. The van der Waals surface area contributed by atoms with Crippen molar-refractivity contribution >= 4 is 11.6 Å². The zero-order chi connectivity index (χ0) is 14.4. The van der Waals surface area contributed by atoms with Crippen LogP contribution in [0.15, 0.2) is 18.2 Å². The molecule has 0 bridgehead atoms. The van der Waals surface area contributed by atoms with Crippen LogP contribution in [0.5, 0.6) is 0 Å². The van der Waals surface area contributed by atoms with Crippen molar-refractivity contribution in [3.63, 3.8) is 0 Å². The number of hydrogen-bond acceptors (Lipinski definition) is 3. The number of hydrogen-bond donors (Lipinski definition) is 2. The predicted molar refractivity (Wildman–Crippen MR) is 80.8 cm³/mol. The van der Waals surface area contributed by atoms with Crippen molar-refractivity contribution in [3.05, 3.63) is 29.3 Å². The highest BCUT2D eigenvalue weighted by atomic mass is 16.1. The summed E-state index contributed by atoms with van der Waals surface area (Å²) in [5, 5.41) is 6.02. The van der Waals surface area contributed by atoms with Gasteiger partial charge in [-0.1, -0.05) is 11.6 Å². The number of carbonyl (C=O) groups is 1. The van der Waals surface area contributed by atoms with E-state index in [0.29, 0.717) is 18.2 Å². The number of benzene rings is 1. The largest absolute Gasteiger partial charge is 0.387 e. The third-order valence-electron chi connectivity index (χ3n) is 3.32. The van der Waals surface area contributed by atoms with Gasteiger partial charge in [0.25, 0.3) is 5.91 Å². The first-order valence-electron chi connectivity index (χ1n) is 6.72. The van der Waals surface area contributed by atoms with E-state index in [1.807, 2.05) is 32.2 Å². The van der Waals surface area contributed by atoms with Crippen LogP contribution in [0.2, 0.25) is 0 Å². The Bertz CT molecular complexity index is 429. The molecule has 1 aromatic rings. The SMILES string of the molecule is CNc1ccc(C)cc1C(=O)NCCN(C)C(C)C. The van der Waals surface area contributed by atoms with Gasteiger partial charge in [0.05, 0.1) is 5.56 Å². The lowest BCUT2D eigenvalue weighted by molar-refractivity contribution is 0.0949. The van der Waals surface area contributed by atoms with Gasteiger partial charge in [0.1, 0.15) is 0 Å². The Labute approximate surface area is 116 Å². The van der Waals surface area contributed by atoms with Crippen molar-refractivity contribution in [2.75, 3.05) is 32.5 Å². The molecule has 19 heavy (non-hydrogen) atoms. The Morgan fingerprint density at radius 2 is 2.05 bits per heavy atom. The third-order valence-corrected chi connectivity index (χ3v) is 3.32. The molecular weight excluding hydrogens is 238 g/mol. The van der Waals surface area contributed by atoms with Crippen molar-refractivity contribution in [2.45, 2.75) is 26.8 Å².